The molecule has 2 N–H and O–H groups in total. The molecule has 0 unspecified atom stereocenters. The molecular formula is C12H17NO2. The van der Waals surface area contributed by atoms with E-state index in [1.165, 1.54) is 12.8 Å². The molecule has 15 heavy (non-hydrogen) atoms. The van der Waals surface area contributed by atoms with Crippen LogP contribution in [0.4, 0.5) is 0 Å². The number of rotatable bonds is 2. The largest absolute Gasteiger partial charge is 0.508 e. The van der Waals surface area contributed by atoms with E-state index in [4.69, 9.17) is 4.74 Å². The van der Waals surface area contributed by atoms with E-state index in [0.717, 1.165) is 24.3 Å². The summed E-state index contributed by atoms with van der Waals surface area (Å²) in [5.41, 5.74) is 0.953. The van der Waals surface area contributed by atoms with Crippen molar-refractivity contribution in [2.75, 3.05) is 13.7 Å². The lowest BCUT2D eigenvalue weighted by Gasteiger charge is -2.24. The van der Waals surface area contributed by atoms with Gasteiger partial charge < -0.3 is 15.2 Å². The summed E-state index contributed by atoms with van der Waals surface area (Å²) in [4.78, 5) is 0. The van der Waals surface area contributed by atoms with Crippen LogP contribution in [0.2, 0.25) is 0 Å². The van der Waals surface area contributed by atoms with Gasteiger partial charge in [0.15, 0.2) is 0 Å². The second-order valence-electron chi connectivity index (χ2n) is 3.93. The molecule has 1 fully saturated rings. The zero-order valence-corrected chi connectivity index (χ0v) is 8.99. The van der Waals surface area contributed by atoms with Gasteiger partial charge in [-0.05, 0) is 37.6 Å². The lowest BCUT2D eigenvalue weighted by molar-refractivity contribution is 0.382. The minimum atomic E-state index is 0.272. The van der Waals surface area contributed by atoms with Crippen molar-refractivity contribution in [3.63, 3.8) is 0 Å². The predicted molar refractivity (Wildman–Crippen MR) is 59.3 cm³/mol. The smallest absolute Gasteiger partial charge is 0.120 e. The van der Waals surface area contributed by atoms with Crippen LogP contribution in [0.3, 0.4) is 0 Å². The molecule has 0 aromatic heterocycles. The fraction of sp³-hybridized carbons (Fsp3) is 0.500. The van der Waals surface area contributed by atoms with Crippen LogP contribution in [0.25, 0.3) is 0 Å². The minimum absolute atomic E-state index is 0.272. The van der Waals surface area contributed by atoms with Crippen LogP contribution in [-0.2, 0) is 0 Å². The maximum absolute atomic E-state index is 9.79. The fourth-order valence-electron chi connectivity index (χ4n) is 2.06. The van der Waals surface area contributed by atoms with Crippen molar-refractivity contribution >= 4 is 0 Å². The van der Waals surface area contributed by atoms with E-state index in [1.54, 1.807) is 19.2 Å². The van der Waals surface area contributed by atoms with E-state index in [0.29, 0.717) is 5.75 Å². The molecule has 0 spiro atoms. The first-order valence-corrected chi connectivity index (χ1v) is 5.41. The summed E-state index contributed by atoms with van der Waals surface area (Å²) in [5.74, 6) is 1.16. The highest BCUT2D eigenvalue weighted by molar-refractivity contribution is 5.41. The number of piperidine rings is 1. The van der Waals surface area contributed by atoms with E-state index in [2.05, 4.69) is 5.32 Å². The van der Waals surface area contributed by atoms with Gasteiger partial charge in [-0.25, -0.2) is 0 Å². The van der Waals surface area contributed by atoms with Crippen LogP contribution >= 0.6 is 0 Å². The minimum Gasteiger partial charge on any atom is -0.508 e. The Labute approximate surface area is 90.1 Å². The van der Waals surface area contributed by atoms with E-state index in [9.17, 15) is 5.11 Å². The molecule has 82 valence electrons. The Balaban J connectivity index is 2.24. The number of benzene rings is 1. The molecule has 1 aliphatic heterocycles. The zero-order valence-electron chi connectivity index (χ0n) is 8.99. The molecule has 1 aliphatic rings. The second-order valence-corrected chi connectivity index (χ2v) is 3.93. The van der Waals surface area contributed by atoms with Gasteiger partial charge in [-0.3, -0.25) is 0 Å². The molecule has 3 heteroatoms. The number of nitrogens with one attached hydrogen (secondary N) is 1. The number of methoxy groups -OCH3 is 1. The highest BCUT2D eigenvalue weighted by Gasteiger charge is 2.18. The average Bonchev–Trinajstić information content (AvgIpc) is 2.31. The monoisotopic (exact) mass is 207 g/mol. The van der Waals surface area contributed by atoms with Crippen LogP contribution < -0.4 is 10.1 Å². The first-order valence-electron chi connectivity index (χ1n) is 5.41. The summed E-state index contributed by atoms with van der Waals surface area (Å²) in [7, 11) is 1.64. The number of phenolic OH excluding ortho intramolecular Hbond substituents is 1. The van der Waals surface area contributed by atoms with Crippen LogP contribution in [0.1, 0.15) is 30.9 Å². The van der Waals surface area contributed by atoms with Crippen LogP contribution in [0, 0.1) is 0 Å². The lowest BCUT2D eigenvalue weighted by atomic mass is 9.96. The second kappa shape index (κ2) is 4.53. The van der Waals surface area contributed by atoms with Gasteiger partial charge in [-0.15, -0.1) is 0 Å². The quantitative estimate of drug-likeness (QED) is 0.781. The van der Waals surface area contributed by atoms with Crippen molar-refractivity contribution < 1.29 is 9.84 Å². The van der Waals surface area contributed by atoms with E-state index in [-0.39, 0.29) is 6.04 Å². The molecular weight excluding hydrogens is 190 g/mol. The molecule has 0 bridgehead atoms. The Hall–Kier alpha value is -1.22. The summed E-state index contributed by atoms with van der Waals surface area (Å²) >= 11 is 0. The predicted octanol–water partition coefficient (Wildman–Crippen LogP) is 2.22. The maximum atomic E-state index is 9.79. The third kappa shape index (κ3) is 2.23. The van der Waals surface area contributed by atoms with Crippen LogP contribution in [0.5, 0.6) is 11.5 Å². The van der Waals surface area contributed by atoms with Gasteiger partial charge in [-0.1, -0.05) is 6.42 Å². The zero-order chi connectivity index (χ0) is 10.7. The molecule has 1 saturated heterocycles. The van der Waals surface area contributed by atoms with Gasteiger partial charge in [0.2, 0.25) is 0 Å². The Kier molecular flexibility index (Phi) is 3.11. The number of hydrogen-bond donors (Lipinski definition) is 2. The number of aromatic hydroxyl groups is 1. The van der Waals surface area contributed by atoms with E-state index >= 15 is 0 Å². The van der Waals surface area contributed by atoms with Gasteiger partial charge in [0.05, 0.1) is 7.11 Å². The summed E-state index contributed by atoms with van der Waals surface area (Å²) < 4.78 is 5.16. The fourth-order valence-corrected chi connectivity index (χ4v) is 2.06. The van der Waals surface area contributed by atoms with Gasteiger partial charge in [0.25, 0.3) is 0 Å². The Morgan fingerprint density at radius 1 is 1.40 bits per heavy atom. The number of ether oxygens (including phenoxy) is 1. The van der Waals surface area contributed by atoms with Gasteiger partial charge >= 0.3 is 0 Å². The molecule has 2 rings (SSSR count). The molecule has 1 heterocycles. The molecule has 0 aliphatic carbocycles. The summed E-state index contributed by atoms with van der Waals surface area (Å²) in [6, 6.07) is 5.67. The number of hydrogen-bond acceptors (Lipinski definition) is 3. The van der Waals surface area contributed by atoms with Crippen molar-refractivity contribution in [3.05, 3.63) is 23.8 Å². The Bertz CT molecular complexity index is 332. The molecule has 0 saturated carbocycles. The van der Waals surface area contributed by atoms with Crippen molar-refractivity contribution in [3.8, 4) is 11.5 Å². The highest BCUT2D eigenvalue weighted by atomic mass is 16.5. The van der Waals surface area contributed by atoms with Crippen LogP contribution in [-0.4, -0.2) is 18.8 Å². The van der Waals surface area contributed by atoms with E-state index < -0.39 is 0 Å². The van der Waals surface area contributed by atoms with Crippen molar-refractivity contribution in [1.29, 1.82) is 0 Å². The molecule has 1 aromatic carbocycles. The van der Waals surface area contributed by atoms with Crippen LogP contribution in [0.15, 0.2) is 18.2 Å². The van der Waals surface area contributed by atoms with Gasteiger partial charge in [-0.2, -0.15) is 0 Å². The molecule has 1 aromatic rings. The Morgan fingerprint density at radius 3 is 2.93 bits per heavy atom. The normalized spacial score (nSPS) is 21.3. The third-order valence-corrected chi connectivity index (χ3v) is 2.92. The van der Waals surface area contributed by atoms with E-state index in [1.807, 2.05) is 6.07 Å². The molecule has 3 nitrogen and oxygen atoms in total. The summed E-state index contributed by atoms with van der Waals surface area (Å²) in [6.07, 6.45) is 3.52. The van der Waals surface area contributed by atoms with Gasteiger partial charge in [0, 0.05) is 11.6 Å². The highest BCUT2D eigenvalue weighted by Crippen LogP contribution is 2.32. The molecule has 1 atom stereocenters. The molecule has 0 amide bonds. The first-order chi connectivity index (χ1) is 7.31. The number of phenols is 1. The topological polar surface area (TPSA) is 41.5 Å². The van der Waals surface area contributed by atoms with Gasteiger partial charge in [0.1, 0.15) is 11.5 Å². The first kappa shape index (κ1) is 10.3. The van der Waals surface area contributed by atoms with Crippen molar-refractivity contribution in [1.82, 2.24) is 5.32 Å². The molecule has 0 radical (unpaired) electrons. The standard InChI is InChI=1S/C12H17NO2/c1-15-9-5-6-12(14)10(8-9)11-4-2-3-7-13-11/h5-6,8,11,13-14H,2-4,7H2,1H3/t11-/m1/s1. The Morgan fingerprint density at radius 2 is 2.27 bits per heavy atom. The average molecular weight is 207 g/mol. The maximum Gasteiger partial charge on any atom is 0.120 e. The van der Waals surface area contributed by atoms with Crippen molar-refractivity contribution in [2.24, 2.45) is 0 Å². The summed E-state index contributed by atoms with van der Waals surface area (Å²) in [6.45, 7) is 1.03. The lowest BCUT2D eigenvalue weighted by Crippen LogP contribution is -2.26. The third-order valence-electron chi connectivity index (χ3n) is 2.92. The SMILES string of the molecule is COc1ccc(O)c([C@H]2CCCCN2)c1. The van der Waals surface area contributed by atoms with Crippen molar-refractivity contribution in [2.45, 2.75) is 25.3 Å². The summed E-state index contributed by atoms with van der Waals surface area (Å²) in [5, 5.41) is 13.2.